The number of ether oxygens (including phenoxy) is 1. The molecule has 0 saturated heterocycles. The number of nitrogens with two attached hydrogens (primary N) is 1. The van der Waals surface area contributed by atoms with Crippen molar-refractivity contribution in [2.24, 2.45) is 5.92 Å². The van der Waals surface area contributed by atoms with E-state index in [-0.39, 0.29) is 23.5 Å². The van der Waals surface area contributed by atoms with Crippen LogP contribution in [-0.2, 0) is 4.74 Å². The molecule has 1 aliphatic rings. The van der Waals surface area contributed by atoms with Gasteiger partial charge in [0.15, 0.2) is 0 Å². The van der Waals surface area contributed by atoms with Gasteiger partial charge in [-0.15, -0.1) is 0 Å². The van der Waals surface area contributed by atoms with E-state index in [0.717, 1.165) is 12.8 Å². The van der Waals surface area contributed by atoms with Crippen LogP contribution in [-0.4, -0.2) is 27.1 Å². The molecule has 8 heteroatoms. The maximum atomic E-state index is 5.85. The summed E-state index contributed by atoms with van der Waals surface area (Å²) in [5, 5.41) is 11.2. The molecular weight excluding hydrogens is 274 g/mol. The minimum Gasteiger partial charge on any atom is -0.379 e. The van der Waals surface area contributed by atoms with E-state index >= 15 is 0 Å². The number of hydrogen-bond donors (Lipinski definition) is 1. The molecule has 0 aliphatic heterocycles. The fourth-order valence-corrected chi connectivity index (χ4v) is 2.83. The zero-order chi connectivity index (χ0) is 14.7. The molecule has 1 saturated carbocycles. The minimum absolute atomic E-state index is 0.135. The molecule has 2 N–H and O–H groups in total. The van der Waals surface area contributed by atoms with Crippen LogP contribution in [0.3, 0.4) is 0 Å². The van der Waals surface area contributed by atoms with Crippen molar-refractivity contribution in [2.75, 3.05) is 12.3 Å². The fraction of sp³-hybridized carbons (Fsp3) is 0.692. The average Bonchev–Trinajstić information content (AvgIpc) is 3.14. The van der Waals surface area contributed by atoms with Gasteiger partial charge in [0, 0.05) is 6.61 Å². The zero-order valence-corrected chi connectivity index (χ0v) is 12.0. The summed E-state index contributed by atoms with van der Waals surface area (Å²) in [7, 11) is 0. The van der Waals surface area contributed by atoms with Crippen LogP contribution in [0.5, 0.6) is 0 Å². The Hall–Kier alpha value is -1.96. The Morgan fingerprint density at radius 3 is 2.71 bits per heavy atom. The number of rotatable bonds is 5. The van der Waals surface area contributed by atoms with E-state index in [2.05, 4.69) is 25.1 Å². The molecule has 114 valence electrons. The highest BCUT2D eigenvalue weighted by atomic mass is 16.6. The summed E-state index contributed by atoms with van der Waals surface area (Å²) in [6, 6.07) is 0. The van der Waals surface area contributed by atoms with Gasteiger partial charge in [-0.2, -0.15) is 4.98 Å². The van der Waals surface area contributed by atoms with Gasteiger partial charge in [-0.1, -0.05) is 24.4 Å². The van der Waals surface area contributed by atoms with Gasteiger partial charge in [0.1, 0.15) is 6.10 Å². The first-order chi connectivity index (χ1) is 10.3. The first-order valence-electron chi connectivity index (χ1n) is 7.33. The van der Waals surface area contributed by atoms with Gasteiger partial charge >= 0.3 is 0 Å². The topological polar surface area (TPSA) is 113 Å². The van der Waals surface area contributed by atoms with Crippen molar-refractivity contribution in [1.29, 1.82) is 0 Å². The third-order valence-corrected chi connectivity index (χ3v) is 3.84. The number of anilines is 1. The Labute approximate surface area is 122 Å². The van der Waals surface area contributed by atoms with Gasteiger partial charge in [-0.25, -0.2) is 4.63 Å². The molecule has 0 amide bonds. The molecule has 3 rings (SSSR count). The van der Waals surface area contributed by atoms with Crippen LogP contribution >= 0.6 is 0 Å². The Morgan fingerprint density at radius 2 is 2.05 bits per heavy atom. The molecule has 1 aliphatic carbocycles. The van der Waals surface area contributed by atoms with Crippen LogP contribution in [0, 0.1) is 5.92 Å². The molecule has 2 aromatic rings. The molecule has 1 atom stereocenters. The number of nitrogens with zero attached hydrogens (tertiary/aromatic N) is 4. The molecule has 21 heavy (non-hydrogen) atoms. The third kappa shape index (κ3) is 2.90. The van der Waals surface area contributed by atoms with Crippen LogP contribution in [0.15, 0.2) is 9.15 Å². The highest BCUT2D eigenvalue weighted by Crippen LogP contribution is 2.36. The summed E-state index contributed by atoms with van der Waals surface area (Å²) in [6.07, 6.45) is 5.84. The van der Waals surface area contributed by atoms with Crippen molar-refractivity contribution < 1.29 is 13.9 Å². The highest BCUT2D eigenvalue weighted by Gasteiger charge is 2.30. The first-order valence-corrected chi connectivity index (χ1v) is 7.33. The summed E-state index contributed by atoms with van der Waals surface area (Å²) in [5.41, 5.74) is 5.90. The van der Waals surface area contributed by atoms with E-state index in [4.69, 9.17) is 15.0 Å². The van der Waals surface area contributed by atoms with E-state index in [9.17, 15) is 0 Å². The number of nitrogen functional groups attached to an aromatic ring is 1. The molecular formula is C13H19N5O3. The zero-order valence-electron chi connectivity index (χ0n) is 12.0. The van der Waals surface area contributed by atoms with E-state index in [1.807, 2.05) is 6.92 Å². The van der Waals surface area contributed by atoms with Gasteiger partial charge in [-0.05, 0) is 36.0 Å². The Bertz CT molecular complexity index is 576. The fourth-order valence-electron chi connectivity index (χ4n) is 2.83. The number of aromatic nitrogens is 4. The van der Waals surface area contributed by atoms with Crippen LogP contribution in [0.1, 0.15) is 51.0 Å². The molecule has 2 aromatic heterocycles. The predicted octanol–water partition coefficient (Wildman–Crippen LogP) is 2.36. The summed E-state index contributed by atoms with van der Waals surface area (Å²) in [4.78, 5) is 4.36. The van der Waals surface area contributed by atoms with Crippen LogP contribution in [0.25, 0.3) is 11.6 Å². The first kappa shape index (κ1) is 14.0. The second-order valence-corrected chi connectivity index (χ2v) is 5.23. The van der Waals surface area contributed by atoms with Gasteiger partial charge in [0.05, 0.1) is 0 Å². The lowest BCUT2D eigenvalue weighted by molar-refractivity contribution is -0.00145. The molecule has 1 unspecified atom stereocenters. The lowest BCUT2D eigenvalue weighted by Gasteiger charge is -2.27. The van der Waals surface area contributed by atoms with Crippen LogP contribution in [0.4, 0.5) is 5.82 Å². The smallest absolute Gasteiger partial charge is 0.284 e. The standard InChI is InChI=1S/C13H19N5O3/c1-2-19-10(8-6-4-3-5-7-8)12-15-13(20-18-12)9-11(14)17-21-16-9/h8,10H,2-7H2,1H3,(H2,14,17). The highest BCUT2D eigenvalue weighted by molar-refractivity contribution is 5.60. The van der Waals surface area contributed by atoms with E-state index in [0.29, 0.717) is 18.3 Å². The van der Waals surface area contributed by atoms with Crippen molar-refractivity contribution in [3.8, 4) is 11.6 Å². The molecule has 0 aromatic carbocycles. The monoisotopic (exact) mass is 293 g/mol. The largest absolute Gasteiger partial charge is 0.379 e. The number of hydrogen-bond acceptors (Lipinski definition) is 8. The van der Waals surface area contributed by atoms with Gasteiger partial charge in [0.2, 0.25) is 17.3 Å². The molecule has 1 fully saturated rings. The van der Waals surface area contributed by atoms with Crippen molar-refractivity contribution in [3.63, 3.8) is 0 Å². The van der Waals surface area contributed by atoms with Gasteiger partial charge in [-0.3, -0.25) is 0 Å². The Morgan fingerprint density at radius 1 is 1.24 bits per heavy atom. The summed E-state index contributed by atoms with van der Waals surface area (Å²) < 4.78 is 15.6. The third-order valence-electron chi connectivity index (χ3n) is 3.84. The van der Waals surface area contributed by atoms with Crippen molar-refractivity contribution in [1.82, 2.24) is 20.5 Å². The van der Waals surface area contributed by atoms with Crippen molar-refractivity contribution in [2.45, 2.75) is 45.1 Å². The van der Waals surface area contributed by atoms with E-state index < -0.39 is 0 Å². The molecule has 0 bridgehead atoms. The molecule has 2 heterocycles. The van der Waals surface area contributed by atoms with Crippen LogP contribution < -0.4 is 5.73 Å². The van der Waals surface area contributed by atoms with Gasteiger partial charge < -0.3 is 15.0 Å². The van der Waals surface area contributed by atoms with Crippen LogP contribution in [0.2, 0.25) is 0 Å². The van der Waals surface area contributed by atoms with Gasteiger partial charge in [0.25, 0.3) is 5.89 Å². The second-order valence-electron chi connectivity index (χ2n) is 5.23. The maximum absolute atomic E-state index is 5.85. The van der Waals surface area contributed by atoms with E-state index in [1.165, 1.54) is 19.3 Å². The summed E-state index contributed by atoms with van der Waals surface area (Å²) in [6.45, 7) is 2.58. The summed E-state index contributed by atoms with van der Waals surface area (Å²) in [5.74, 6) is 1.32. The molecule has 0 spiro atoms. The molecule has 0 radical (unpaired) electrons. The normalized spacial score (nSPS) is 18.0. The quantitative estimate of drug-likeness (QED) is 0.893. The molecule has 8 nitrogen and oxygen atoms in total. The maximum Gasteiger partial charge on any atom is 0.284 e. The Balaban J connectivity index is 1.83. The average molecular weight is 293 g/mol. The van der Waals surface area contributed by atoms with E-state index in [1.54, 1.807) is 0 Å². The minimum atomic E-state index is -0.145. The second kappa shape index (κ2) is 6.21. The SMILES string of the molecule is CCOC(c1noc(-c2nonc2N)n1)C1CCCCC1. The Kier molecular flexibility index (Phi) is 4.14. The summed E-state index contributed by atoms with van der Waals surface area (Å²) >= 11 is 0. The lowest BCUT2D eigenvalue weighted by atomic mass is 9.85. The van der Waals surface area contributed by atoms with Crippen molar-refractivity contribution >= 4 is 5.82 Å². The predicted molar refractivity (Wildman–Crippen MR) is 72.9 cm³/mol. The lowest BCUT2D eigenvalue weighted by Crippen LogP contribution is -2.20. The van der Waals surface area contributed by atoms with Crippen molar-refractivity contribution in [3.05, 3.63) is 5.82 Å².